The minimum atomic E-state index is 0. The Hall–Kier alpha value is -0.680. The van der Waals surface area contributed by atoms with Crippen LogP contribution in [0.3, 0.4) is 0 Å². The molecule has 4 nitrogen and oxygen atoms in total. The van der Waals surface area contributed by atoms with E-state index in [0.717, 1.165) is 32.1 Å². The number of nitrogens with zero attached hydrogens (tertiary/aromatic N) is 1. The molecule has 0 bridgehead atoms. The molecule has 6 heteroatoms. The fraction of sp³-hybridized carbons (Fsp3) is 0.625. The largest absolute Gasteiger partial charge is 0.504 e. The van der Waals surface area contributed by atoms with Crippen molar-refractivity contribution in [2.75, 3.05) is 33.3 Å². The van der Waals surface area contributed by atoms with Gasteiger partial charge in [0.25, 0.3) is 0 Å². The highest BCUT2D eigenvalue weighted by Crippen LogP contribution is 2.43. The molecule has 2 fully saturated rings. The molecule has 0 aromatic heterocycles. The molecule has 0 spiro atoms. The van der Waals surface area contributed by atoms with E-state index in [2.05, 4.69) is 16.3 Å². The lowest BCUT2D eigenvalue weighted by molar-refractivity contribution is 0.0835. The lowest BCUT2D eigenvalue weighted by atomic mass is 9.76. The summed E-state index contributed by atoms with van der Waals surface area (Å²) >= 11 is 0. The number of hydrogen-bond acceptors (Lipinski definition) is 4. The first-order valence-corrected chi connectivity index (χ1v) is 7.61. The van der Waals surface area contributed by atoms with Gasteiger partial charge in [-0.05, 0) is 36.5 Å². The third kappa shape index (κ3) is 3.99. The number of benzene rings is 1. The Balaban J connectivity index is 0.00000121. The zero-order chi connectivity index (χ0) is 13.9. The number of hydrogen-bond donors (Lipinski definition) is 2. The van der Waals surface area contributed by atoms with Crippen LogP contribution in [0.4, 0.5) is 0 Å². The number of halogens is 2. The van der Waals surface area contributed by atoms with E-state index in [9.17, 15) is 5.11 Å². The molecule has 1 atom stereocenters. The average Bonchev–Trinajstić information content (AvgIpc) is 2.43. The van der Waals surface area contributed by atoms with Crippen LogP contribution in [0.15, 0.2) is 18.2 Å². The molecular formula is C16H26Cl2N2O2. The van der Waals surface area contributed by atoms with E-state index < -0.39 is 0 Å². The average molecular weight is 349 g/mol. The number of piperazine rings is 1. The lowest BCUT2D eigenvalue weighted by Crippen LogP contribution is -2.47. The Kier molecular flexibility index (Phi) is 7.77. The van der Waals surface area contributed by atoms with Gasteiger partial charge in [-0.25, -0.2) is 0 Å². The summed E-state index contributed by atoms with van der Waals surface area (Å²) in [4.78, 5) is 2.57. The summed E-state index contributed by atoms with van der Waals surface area (Å²) in [6.45, 7) is 4.30. The SMILES string of the molecule is COc1ccc([C@@H](C2CCC2)N2CCNCC2)cc1O.Cl.Cl. The molecule has 1 saturated heterocycles. The van der Waals surface area contributed by atoms with Gasteiger partial charge in [0.1, 0.15) is 0 Å². The maximum Gasteiger partial charge on any atom is 0.160 e. The summed E-state index contributed by atoms with van der Waals surface area (Å²) in [5.74, 6) is 1.55. The molecule has 1 aliphatic carbocycles. The van der Waals surface area contributed by atoms with Gasteiger partial charge in [-0.2, -0.15) is 0 Å². The van der Waals surface area contributed by atoms with Crippen LogP contribution in [0.1, 0.15) is 30.9 Å². The predicted octanol–water partition coefficient (Wildman–Crippen LogP) is 2.99. The van der Waals surface area contributed by atoms with E-state index in [1.165, 1.54) is 24.8 Å². The number of phenolic OH excluding ortho intramolecular Hbond substituents is 1. The standard InChI is InChI=1S/C16H24N2O2.2ClH/c1-20-15-6-5-13(11-14(15)19)16(12-3-2-4-12)18-9-7-17-8-10-18;;/h5-6,11-12,16-17,19H,2-4,7-10H2,1H3;2*1H/t16-;;/m1../s1. The Labute approximate surface area is 145 Å². The smallest absolute Gasteiger partial charge is 0.160 e. The van der Waals surface area contributed by atoms with Crippen molar-refractivity contribution in [2.24, 2.45) is 5.92 Å². The Morgan fingerprint density at radius 3 is 2.41 bits per heavy atom. The van der Waals surface area contributed by atoms with E-state index >= 15 is 0 Å². The lowest BCUT2D eigenvalue weighted by Gasteiger charge is -2.43. The zero-order valence-corrected chi connectivity index (χ0v) is 14.6. The van der Waals surface area contributed by atoms with Crippen LogP contribution in [0.25, 0.3) is 0 Å². The van der Waals surface area contributed by atoms with Gasteiger partial charge in [0, 0.05) is 32.2 Å². The monoisotopic (exact) mass is 348 g/mol. The number of ether oxygens (including phenoxy) is 1. The Bertz CT molecular complexity index is 463. The number of aromatic hydroxyl groups is 1. The fourth-order valence-corrected chi connectivity index (χ4v) is 3.39. The normalized spacial score (nSPS) is 20.2. The summed E-state index contributed by atoms with van der Waals surface area (Å²) in [5.41, 5.74) is 1.23. The summed E-state index contributed by atoms with van der Waals surface area (Å²) in [7, 11) is 1.59. The number of rotatable bonds is 4. The van der Waals surface area contributed by atoms with Gasteiger partial charge in [0.2, 0.25) is 0 Å². The van der Waals surface area contributed by atoms with Gasteiger partial charge in [-0.3, -0.25) is 4.90 Å². The summed E-state index contributed by atoms with van der Waals surface area (Å²) in [6, 6.07) is 6.34. The first-order chi connectivity index (χ1) is 9.79. The van der Waals surface area contributed by atoms with Crippen molar-refractivity contribution in [1.29, 1.82) is 0 Å². The molecule has 0 amide bonds. The minimum Gasteiger partial charge on any atom is -0.504 e. The molecule has 0 radical (unpaired) electrons. The summed E-state index contributed by atoms with van der Waals surface area (Å²) in [5, 5.41) is 13.5. The molecule has 1 aromatic carbocycles. The summed E-state index contributed by atoms with van der Waals surface area (Å²) in [6.07, 6.45) is 3.96. The van der Waals surface area contributed by atoms with Gasteiger partial charge in [-0.15, -0.1) is 24.8 Å². The molecule has 1 heterocycles. The molecule has 1 aromatic rings. The van der Waals surface area contributed by atoms with Crippen molar-refractivity contribution in [3.05, 3.63) is 23.8 Å². The first-order valence-electron chi connectivity index (χ1n) is 7.61. The number of methoxy groups -OCH3 is 1. The highest BCUT2D eigenvalue weighted by molar-refractivity contribution is 5.85. The second-order valence-corrected chi connectivity index (χ2v) is 5.85. The van der Waals surface area contributed by atoms with Crippen LogP contribution < -0.4 is 10.1 Å². The topological polar surface area (TPSA) is 44.7 Å². The van der Waals surface area contributed by atoms with Gasteiger partial charge in [0.05, 0.1) is 7.11 Å². The first kappa shape index (κ1) is 19.4. The number of phenols is 1. The molecule has 1 aliphatic heterocycles. The van der Waals surface area contributed by atoms with Gasteiger partial charge in [0.15, 0.2) is 11.5 Å². The van der Waals surface area contributed by atoms with Crippen molar-refractivity contribution in [3.63, 3.8) is 0 Å². The maximum atomic E-state index is 10.1. The second kappa shape index (κ2) is 8.82. The second-order valence-electron chi connectivity index (χ2n) is 5.85. The van der Waals surface area contributed by atoms with Crippen molar-refractivity contribution >= 4 is 24.8 Å². The van der Waals surface area contributed by atoms with Crippen LogP contribution >= 0.6 is 24.8 Å². The summed E-state index contributed by atoms with van der Waals surface area (Å²) < 4.78 is 5.15. The highest BCUT2D eigenvalue weighted by atomic mass is 35.5. The molecule has 1 saturated carbocycles. The third-order valence-electron chi connectivity index (χ3n) is 4.69. The van der Waals surface area contributed by atoms with Crippen LogP contribution in [0.5, 0.6) is 11.5 Å². The van der Waals surface area contributed by atoms with Crippen molar-refractivity contribution in [3.8, 4) is 11.5 Å². The molecular weight excluding hydrogens is 323 g/mol. The number of nitrogens with one attached hydrogen (secondary N) is 1. The predicted molar refractivity (Wildman–Crippen MR) is 93.7 cm³/mol. The molecule has 126 valence electrons. The Morgan fingerprint density at radius 1 is 1.23 bits per heavy atom. The zero-order valence-electron chi connectivity index (χ0n) is 13.0. The van der Waals surface area contributed by atoms with Crippen molar-refractivity contribution in [1.82, 2.24) is 10.2 Å². The van der Waals surface area contributed by atoms with E-state index in [0.29, 0.717) is 11.8 Å². The van der Waals surface area contributed by atoms with Crippen LogP contribution in [-0.4, -0.2) is 43.3 Å². The van der Waals surface area contributed by atoms with Crippen LogP contribution in [-0.2, 0) is 0 Å². The molecule has 2 aliphatic rings. The van der Waals surface area contributed by atoms with E-state index in [-0.39, 0.29) is 30.6 Å². The fourth-order valence-electron chi connectivity index (χ4n) is 3.39. The Morgan fingerprint density at radius 2 is 1.91 bits per heavy atom. The quantitative estimate of drug-likeness (QED) is 0.877. The highest BCUT2D eigenvalue weighted by Gasteiger charge is 2.33. The molecule has 2 N–H and O–H groups in total. The van der Waals surface area contributed by atoms with E-state index in [1.54, 1.807) is 7.11 Å². The molecule has 0 unspecified atom stereocenters. The molecule has 22 heavy (non-hydrogen) atoms. The third-order valence-corrected chi connectivity index (χ3v) is 4.69. The van der Waals surface area contributed by atoms with Gasteiger partial charge < -0.3 is 15.2 Å². The van der Waals surface area contributed by atoms with E-state index in [1.807, 2.05) is 12.1 Å². The van der Waals surface area contributed by atoms with Crippen LogP contribution in [0.2, 0.25) is 0 Å². The van der Waals surface area contributed by atoms with Crippen molar-refractivity contribution in [2.45, 2.75) is 25.3 Å². The van der Waals surface area contributed by atoms with Crippen LogP contribution in [0, 0.1) is 5.92 Å². The minimum absolute atomic E-state index is 0. The maximum absolute atomic E-state index is 10.1. The van der Waals surface area contributed by atoms with Gasteiger partial charge >= 0.3 is 0 Å². The molecule has 3 rings (SSSR count). The van der Waals surface area contributed by atoms with Crippen molar-refractivity contribution < 1.29 is 9.84 Å². The van der Waals surface area contributed by atoms with E-state index in [4.69, 9.17) is 4.74 Å². The van der Waals surface area contributed by atoms with Gasteiger partial charge in [-0.1, -0.05) is 12.5 Å².